The predicted molar refractivity (Wildman–Crippen MR) is 134 cm³/mol. The van der Waals surface area contributed by atoms with Gasteiger partial charge in [-0.15, -0.1) is 11.3 Å². The molecule has 1 fully saturated rings. The molecular formula is C25H26F3N5O5S. The lowest BCUT2D eigenvalue weighted by Crippen LogP contribution is -2.53. The van der Waals surface area contributed by atoms with Gasteiger partial charge in [0.05, 0.1) is 11.4 Å². The number of fused-ring (bicyclic) bond motifs is 3. The highest BCUT2D eigenvalue weighted by Crippen LogP contribution is 2.43. The first-order valence-corrected chi connectivity index (χ1v) is 13.0. The molecule has 6 amide bonds. The van der Waals surface area contributed by atoms with E-state index >= 15 is 0 Å². The first-order valence-electron chi connectivity index (χ1n) is 12.2. The number of nitrogens with zero attached hydrogens (tertiary/aromatic N) is 2. The number of urea groups is 2. The number of carbonyl (C=O) groups is 4. The second kappa shape index (κ2) is 9.43. The summed E-state index contributed by atoms with van der Waals surface area (Å²) in [6.45, 7) is 1.58. The third-order valence-corrected chi connectivity index (χ3v) is 8.63. The SMILES string of the molecule is CNC(=O)Nc1ccc2c(c1)CC[C@]21NC(=O)N(CC(=O)N2Cc3sc(C)c(C)c3OC[C@H]2C(F)(F)F)C1=O. The van der Waals surface area contributed by atoms with E-state index in [1.807, 2.05) is 6.92 Å². The van der Waals surface area contributed by atoms with E-state index in [0.29, 0.717) is 38.1 Å². The number of aryl methyl sites for hydroxylation is 2. The van der Waals surface area contributed by atoms with Crippen LogP contribution in [0, 0.1) is 13.8 Å². The molecule has 3 N–H and O–H groups in total. The number of imide groups is 1. The predicted octanol–water partition coefficient (Wildman–Crippen LogP) is 3.16. The van der Waals surface area contributed by atoms with Crippen LogP contribution < -0.4 is 20.7 Å². The number of nitrogens with one attached hydrogen (secondary N) is 3. The molecule has 14 heteroatoms. The first-order chi connectivity index (χ1) is 18.4. The van der Waals surface area contributed by atoms with E-state index in [1.165, 1.54) is 18.4 Å². The summed E-state index contributed by atoms with van der Waals surface area (Å²) >= 11 is 1.25. The number of hydrogen-bond acceptors (Lipinski definition) is 6. The highest BCUT2D eigenvalue weighted by Gasteiger charge is 2.56. The average molecular weight is 566 g/mol. The van der Waals surface area contributed by atoms with Crippen molar-refractivity contribution in [1.29, 1.82) is 0 Å². The van der Waals surface area contributed by atoms with Crippen LogP contribution in [0.5, 0.6) is 5.75 Å². The van der Waals surface area contributed by atoms with Gasteiger partial charge in [-0.2, -0.15) is 13.2 Å². The molecule has 10 nitrogen and oxygen atoms in total. The van der Waals surface area contributed by atoms with E-state index in [2.05, 4.69) is 16.0 Å². The van der Waals surface area contributed by atoms with Gasteiger partial charge in [0.2, 0.25) is 5.91 Å². The lowest BCUT2D eigenvalue weighted by molar-refractivity contribution is -0.195. The summed E-state index contributed by atoms with van der Waals surface area (Å²) in [5.74, 6) is -1.38. The van der Waals surface area contributed by atoms with Crippen molar-refractivity contribution in [3.63, 3.8) is 0 Å². The summed E-state index contributed by atoms with van der Waals surface area (Å²) in [6, 6.07) is 1.38. The number of ether oxygens (including phenoxy) is 1. The molecule has 1 spiro atoms. The van der Waals surface area contributed by atoms with Crippen LogP contribution in [0.3, 0.4) is 0 Å². The van der Waals surface area contributed by atoms with Crippen molar-refractivity contribution in [2.45, 2.75) is 51.0 Å². The van der Waals surface area contributed by atoms with Gasteiger partial charge in [-0.05, 0) is 49.9 Å². The zero-order valence-electron chi connectivity index (χ0n) is 21.3. The number of halogens is 3. The number of anilines is 1. The van der Waals surface area contributed by atoms with Crippen LogP contribution >= 0.6 is 11.3 Å². The molecule has 3 aliphatic rings. The van der Waals surface area contributed by atoms with Gasteiger partial charge in [0.15, 0.2) is 6.04 Å². The highest BCUT2D eigenvalue weighted by molar-refractivity contribution is 7.12. The monoisotopic (exact) mass is 565 g/mol. The maximum atomic E-state index is 14.0. The van der Waals surface area contributed by atoms with Gasteiger partial charge in [0.25, 0.3) is 5.91 Å². The first kappa shape index (κ1) is 26.8. The van der Waals surface area contributed by atoms with Gasteiger partial charge in [0, 0.05) is 23.2 Å². The smallest absolute Gasteiger partial charge is 0.412 e. The molecule has 0 bridgehead atoms. The molecule has 208 valence electrons. The topological polar surface area (TPSA) is 120 Å². The van der Waals surface area contributed by atoms with Crippen LogP contribution in [0.4, 0.5) is 28.4 Å². The zero-order valence-corrected chi connectivity index (χ0v) is 22.1. The van der Waals surface area contributed by atoms with Crippen molar-refractivity contribution in [1.82, 2.24) is 20.4 Å². The lowest BCUT2D eigenvalue weighted by atomic mass is 9.91. The molecule has 1 aromatic carbocycles. The summed E-state index contributed by atoms with van der Waals surface area (Å²) in [6.07, 6.45) is -4.16. The Morgan fingerprint density at radius 1 is 1.26 bits per heavy atom. The van der Waals surface area contributed by atoms with E-state index in [0.717, 1.165) is 16.0 Å². The molecule has 3 heterocycles. The molecule has 1 aromatic heterocycles. The van der Waals surface area contributed by atoms with E-state index in [9.17, 15) is 32.3 Å². The van der Waals surface area contributed by atoms with Crippen molar-refractivity contribution >= 4 is 40.9 Å². The van der Waals surface area contributed by atoms with Gasteiger partial charge in [-0.1, -0.05) is 6.07 Å². The summed E-state index contributed by atoms with van der Waals surface area (Å²) in [5, 5.41) is 7.75. The number of amides is 6. The Morgan fingerprint density at radius 3 is 2.69 bits per heavy atom. The van der Waals surface area contributed by atoms with Gasteiger partial charge in [-0.3, -0.25) is 14.5 Å². The number of rotatable bonds is 3. The summed E-state index contributed by atoms with van der Waals surface area (Å²) in [7, 11) is 1.47. The van der Waals surface area contributed by atoms with Crippen LogP contribution in [-0.2, 0) is 28.1 Å². The standard InChI is InChI=1S/C25H26F3N5O5S/c1-12-13(2)39-17-9-32(18(25(26,27)28)11-38-20(12)17)19(34)10-33-21(35)24(31-23(33)37)7-6-14-8-15(4-5-16(14)24)30-22(36)29-3/h4-5,8,18H,6-7,9-11H2,1-3H3,(H,31,37)(H2,29,30,36)/t18-,24-/m0/s1. The Kier molecular flexibility index (Phi) is 6.48. The molecule has 2 atom stereocenters. The Balaban J connectivity index is 1.39. The molecule has 1 saturated heterocycles. The summed E-state index contributed by atoms with van der Waals surface area (Å²) < 4.78 is 47.5. The van der Waals surface area contributed by atoms with Crippen molar-refractivity contribution in [3.8, 4) is 5.75 Å². The average Bonchev–Trinajstić information content (AvgIpc) is 3.38. The zero-order chi connectivity index (χ0) is 28.3. The van der Waals surface area contributed by atoms with Crippen LogP contribution in [0.25, 0.3) is 0 Å². The molecule has 2 aromatic rings. The minimum atomic E-state index is -4.78. The van der Waals surface area contributed by atoms with Crippen molar-refractivity contribution in [2.24, 2.45) is 0 Å². The maximum Gasteiger partial charge on any atom is 0.412 e. The van der Waals surface area contributed by atoms with E-state index in [4.69, 9.17) is 4.74 Å². The summed E-state index contributed by atoms with van der Waals surface area (Å²) in [5.41, 5.74) is 1.02. The van der Waals surface area contributed by atoms with Crippen LogP contribution in [0.1, 0.15) is 32.9 Å². The highest BCUT2D eigenvalue weighted by atomic mass is 32.1. The number of benzene rings is 1. The number of carbonyl (C=O) groups excluding carboxylic acids is 4. The molecular weight excluding hydrogens is 539 g/mol. The largest absolute Gasteiger partial charge is 0.490 e. The van der Waals surface area contributed by atoms with Gasteiger partial charge in [0.1, 0.15) is 24.4 Å². The number of thiophene rings is 1. The second-order valence-corrected chi connectivity index (χ2v) is 11.0. The molecule has 2 aliphatic heterocycles. The Hall–Kier alpha value is -3.81. The van der Waals surface area contributed by atoms with E-state index < -0.39 is 54.8 Å². The minimum Gasteiger partial charge on any atom is -0.490 e. The fourth-order valence-corrected chi connectivity index (χ4v) is 6.44. The second-order valence-electron chi connectivity index (χ2n) is 9.73. The normalized spacial score (nSPS) is 22.3. The van der Waals surface area contributed by atoms with Gasteiger partial charge >= 0.3 is 18.2 Å². The molecule has 0 saturated carbocycles. The minimum absolute atomic E-state index is 0.209. The molecule has 5 rings (SSSR count). The lowest BCUT2D eigenvalue weighted by Gasteiger charge is -2.31. The Labute approximate surface area is 225 Å². The molecule has 0 radical (unpaired) electrons. The van der Waals surface area contributed by atoms with Crippen LogP contribution in [0.15, 0.2) is 18.2 Å². The summed E-state index contributed by atoms with van der Waals surface area (Å²) in [4.78, 5) is 54.1. The maximum absolute atomic E-state index is 14.0. The van der Waals surface area contributed by atoms with Crippen molar-refractivity contribution < 1.29 is 37.1 Å². The Morgan fingerprint density at radius 2 is 2.00 bits per heavy atom. The van der Waals surface area contributed by atoms with E-state index in [-0.39, 0.29) is 13.0 Å². The Bertz CT molecular complexity index is 1390. The van der Waals surface area contributed by atoms with Crippen LogP contribution in [-0.4, -0.2) is 66.1 Å². The third-order valence-electron chi connectivity index (χ3n) is 7.46. The van der Waals surface area contributed by atoms with E-state index in [1.54, 1.807) is 25.1 Å². The van der Waals surface area contributed by atoms with Gasteiger partial charge < -0.3 is 25.6 Å². The number of alkyl halides is 3. The number of hydrogen-bond donors (Lipinski definition) is 3. The molecule has 39 heavy (non-hydrogen) atoms. The third kappa shape index (κ3) is 4.45. The molecule has 0 unspecified atom stereocenters. The van der Waals surface area contributed by atoms with Crippen LogP contribution in [0.2, 0.25) is 0 Å². The van der Waals surface area contributed by atoms with Crippen molar-refractivity contribution in [2.75, 3.05) is 25.5 Å². The quantitative estimate of drug-likeness (QED) is 0.494. The fourth-order valence-electron chi connectivity index (χ4n) is 5.31. The van der Waals surface area contributed by atoms with Gasteiger partial charge in [-0.25, -0.2) is 9.59 Å². The molecule has 1 aliphatic carbocycles. The van der Waals surface area contributed by atoms with Crippen molar-refractivity contribution in [3.05, 3.63) is 44.6 Å². The fraction of sp³-hybridized carbons (Fsp3) is 0.440.